The van der Waals surface area contributed by atoms with Crippen LogP contribution >= 0.6 is 0 Å². The summed E-state index contributed by atoms with van der Waals surface area (Å²) in [5, 5.41) is 7.41. The molecule has 5 heteroatoms. The predicted molar refractivity (Wildman–Crippen MR) is 72.1 cm³/mol. The largest absolute Gasteiger partial charge is 0.494 e. The highest BCUT2D eigenvalue weighted by molar-refractivity contribution is 5.96. The van der Waals surface area contributed by atoms with Gasteiger partial charge >= 0.3 is 0 Å². The van der Waals surface area contributed by atoms with Gasteiger partial charge in [0.2, 0.25) is 0 Å². The molecule has 0 amide bonds. The number of aromatic nitrogens is 3. The Kier molecular flexibility index (Phi) is 2.72. The van der Waals surface area contributed by atoms with Crippen LogP contribution in [0.5, 0.6) is 5.75 Å². The molecule has 3 rings (SSSR count). The summed E-state index contributed by atoms with van der Waals surface area (Å²) < 4.78 is 5.30. The summed E-state index contributed by atoms with van der Waals surface area (Å²) in [6.07, 6.45) is 1.72. The van der Waals surface area contributed by atoms with Crippen LogP contribution in [-0.2, 0) is 0 Å². The Morgan fingerprint density at radius 1 is 1.16 bits per heavy atom. The van der Waals surface area contributed by atoms with E-state index in [9.17, 15) is 4.79 Å². The average molecular weight is 253 g/mol. The van der Waals surface area contributed by atoms with Crippen LogP contribution < -0.4 is 10.3 Å². The molecule has 0 atom stereocenters. The Hall–Kier alpha value is -2.69. The van der Waals surface area contributed by atoms with E-state index in [1.54, 1.807) is 19.4 Å². The smallest absolute Gasteiger partial charge is 0.264 e. The third-order valence-electron chi connectivity index (χ3n) is 2.91. The number of fused-ring (bicyclic) bond motifs is 1. The van der Waals surface area contributed by atoms with Gasteiger partial charge in [0, 0.05) is 23.2 Å². The summed E-state index contributed by atoms with van der Waals surface area (Å²) in [4.78, 5) is 15.4. The fourth-order valence-electron chi connectivity index (χ4n) is 2.03. The fraction of sp³-hybridized carbons (Fsp3) is 0.0714. The molecule has 0 radical (unpaired) electrons. The van der Waals surface area contributed by atoms with E-state index in [1.165, 1.54) is 6.07 Å². The first-order valence-electron chi connectivity index (χ1n) is 5.77. The third kappa shape index (κ3) is 1.95. The average Bonchev–Trinajstić information content (AvgIpc) is 2.47. The van der Waals surface area contributed by atoms with Gasteiger partial charge in [0.15, 0.2) is 0 Å². The minimum atomic E-state index is -0.223. The maximum absolute atomic E-state index is 11.1. The number of hydrogen-bond donors (Lipinski definition) is 1. The molecule has 5 nitrogen and oxygen atoms in total. The molecule has 0 fully saturated rings. The Labute approximate surface area is 108 Å². The summed E-state index contributed by atoms with van der Waals surface area (Å²) in [5.41, 5.74) is 2.15. The molecule has 0 bridgehead atoms. The lowest BCUT2D eigenvalue weighted by atomic mass is 10.0. The number of nitrogens with one attached hydrogen (secondary N) is 1. The molecule has 0 aliphatic heterocycles. The number of H-pyrrole nitrogens is 1. The second kappa shape index (κ2) is 4.53. The van der Waals surface area contributed by atoms with E-state index < -0.39 is 0 Å². The van der Waals surface area contributed by atoms with Crippen LogP contribution in [0, 0.1) is 0 Å². The highest BCUT2D eigenvalue weighted by Crippen LogP contribution is 2.31. The van der Waals surface area contributed by atoms with Gasteiger partial charge in [0.25, 0.3) is 5.56 Å². The molecule has 94 valence electrons. The Morgan fingerprint density at radius 2 is 2.05 bits per heavy atom. The van der Waals surface area contributed by atoms with Crippen molar-refractivity contribution >= 4 is 10.9 Å². The molecule has 2 aromatic heterocycles. The van der Waals surface area contributed by atoms with Crippen LogP contribution in [-0.4, -0.2) is 22.3 Å². The van der Waals surface area contributed by atoms with Crippen molar-refractivity contribution in [2.24, 2.45) is 0 Å². The number of aromatic amines is 1. The quantitative estimate of drug-likeness (QED) is 0.758. The first kappa shape index (κ1) is 11.4. The van der Waals surface area contributed by atoms with E-state index >= 15 is 0 Å². The highest BCUT2D eigenvalue weighted by atomic mass is 16.5. The SMILES string of the molecule is COc1ccc(-c2ccc(=O)[nH]n2)c2cccnc12. The minimum Gasteiger partial charge on any atom is -0.494 e. The lowest BCUT2D eigenvalue weighted by molar-refractivity contribution is 0.419. The van der Waals surface area contributed by atoms with Crippen molar-refractivity contribution in [1.29, 1.82) is 0 Å². The van der Waals surface area contributed by atoms with Gasteiger partial charge in [-0.05, 0) is 24.3 Å². The molecule has 0 aliphatic rings. The number of rotatable bonds is 2. The number of methoxy groups -OCH3 is 1. The van der Waals surface area contributed by atoms with Gasteiger partial charge in [0.05, 0.1) is 12.8 Å². The van der Waals surface area contributed by atoms with Crippen molar-refractivity contribution < 1.29 is 4.74 Å². The monoisotopic (exact) mass is 253 g/mol. The molecule has 0 aliphatic carbocycles. The molecular weight excluding hydrogens is 242 g/mol. The topological polar surface area (TPSA) is 67.9 Å². The maximum Gasteiger partial charge on any atom is 0.264 e. The summed E-state index contributed by atoms with van der Waals surface area (Å²) in [7, 11) is 1.61. The van der Waals surface area contributed by atoms with Crippen LogP contribution in [0.3, 0.4) is 0 Å². The molecule has 1 N–H and O–H groups in total. The van der Waals surface area contributed by atoms with Crippen LogP contribution in [0.15, 0.2) is 47.4 Å². The van der Waals surface area contributed by atoms with E-state index in [0.29, 0.717) is 11.4 Å². The summed E-state index contributed by atoms with van der Waals surface area (Å²) in [5.74, 6) is 0.712. The second-order valence-corrected chi connectivity index (χ2v) is 4.02. The second-order valence-electron chi connectivity index (χ2n) is 4.02. The molecule has 0 saturated carbocycles. The predicted octanol–water partition coefficient (Wildman–Crippen LogP) is 1.99. The van der Waals surface area contributed by atoms with Crippen molar-refractivity contribution in [1.82, 2.24) is 15.2 Å². The van der Waals surface area contributed by atoms with Gasteiger partial charge in [0.1, 0.15) is 11.3 Å². The molecule has 19 heavy (non-hydrogen) atoms. The zero-order valence-corrected chi connectivity index (χ0v) is 10.3. The van der Waals surface area contributed by atoms with Gasteiger partial charge in [-0.1, -0.05) is 6.07 Å². The Bertz CT molecular complexity index is 776. The molecule has 3 aromatic rings. The van der Waals surface area contributed by atoms with Crippen LogP contribution in [0.25, 0.3) is 22.2 Å². The summed E-state index contributed by atoms with van der Waals surface area (Å²) >= 11 is 0. The Balaban J connectivity index is 2.30. The van der Waals surface area contributed by atoms with E-state index in [1.807, 2.05) is 24.3 Å². The Morgan fingerprint density at radius 3 is 2.79 bits per heavy atom. The zero-order chi connectivity index (χ0) is 13.2. The molecule has 0 saturated heterocycles. The van der Waals surface area contributed by atoms with Crippen molar-refractivity contribution in [3.63, 3.8) is 0 Å². The molecule has 0 unspecified atom stereocenters. The first-order chi connectivity index (χ1) is 9.29. The van der Waals surface area contributed by atoms with Gasteiger partial charge in [-0.25, -0.2) is 5.10 Å². The lowest BCUT2D eigenvalue weighted by Crippen LogP contribution is -2.05. The number of benzene rings is 1. The third-order valence-corrected chi connectivity index (χ3v) is 2.91. The van der Waals surface area contributed by atoms with E-state index in [2.05, 4.69) is 15.2 Å². The van der Waals surface area contributed by atoms with E-state index in [4.69, 9.17) is 4.74 Å². The van der Waals surface area contributed by atoms with Gasteiger partial charge < -0.3 is 4.74 Å². The lowest BCUT2D eigenvalue weighted by Gasteiger charge is -2.08. The maximum atomic E-state index is 11.1. The number of nitrogens with zero attached hydrogens (tertiary/aromatic N) is 2. The number of pyridine rings is 1. The molecule has 1 aromatic carbocycles. The minimum absolute atomic E-state index is 0.223. The normalized spacial score (nSPS) is 10.6. The van der Waals surface area contributed by atoms with Crippen LogP contribution in [0.4, 0.5) is 0 Å². The number of hydrogen-bond acceptors (Lipinski definition) is 4. The standard InChI is InChI=1S/C14H11N3O2/c1-19-12-6-4-9(10-3-2-8-15-14(10)12)11-5-7-13(18)17-16-11/h2-8H,1H3,(H,17,18). The molecular formula is C14H11N3O2. The first-order valence-corrected chi connectivity index (χ1v) is 5.77. The van der Waals surface area contributed by atoms with Gasteiger partial charge in [-0.3, -0.25) is 9.78 Å². The molecule has 2 heterocycles. The van der Waals surface area contributed by atoms with Crippen molar-refractivity contribution in [2.45, 2.75) is 0 Å². The van der Waals surface area contributed by atoms with Crippen molar-refractivity contribution in [3.05, 3.63) is 52.9 Å². The highest BCUT2D eigenvalue weighted by Gasteiger charge is 2.09. The van der Waals surface area contributed by atoms with E-state index in [0.717, 1.165) is 16.5 Å². The van der Waals surface area contributed by atoms with Crippen molar-refractivity contribution in [3.8, 4) is 17.0 Å². The van der Waals surface area contributed by atoms with Crippen LogP contribution in [0.2, 0.25) is 0 Å². The number of ether oxygens (including phenoxy) is 1. The van der Waals surface area contributed by atoms with Gasteiger partial charge in [-0.2, -0.15) is 5.10 Å². The summed E-state index contributed by atoms with van der Waals surface area (Å²) in [6.45, 7) is 0. The fourth-order valence-corrected chi connectivity index (χ4v) is 2.03. The van der Waals surface area contributed by atoms with Crippen molar-refractivity contribution in [2.75, 3.05) is 7.11 Å². The molecule has 0 spiro atoms. The van der Waals surface area contributed by atoms with Crippen LogP contribution in [0.1, 0.15) is 0 Å². The van der Waals surface area contributed by atoms with Gasteiger partial charge in [-0.15, -0.1) is 0 Å². The van der Waals surface area contributed by atoms with E-state index in [-0.39, 0.29) is 5.56 Å². The zero-order valence-electron chi connectivity index (χ0n) is 10.3. The summed E-state index contributed by atoms with van der Waals surface area (Å²) in [6, 6.07) is 10.7.